The number of rotatable bonds is 5. The Morgan fingerprint density at radius 2 is 2.27 bits per heavy atom. The van der Waals surface area contributed by atoms with E-state index >= 15 is 0 Å². The van der Waals surface area contributed by atoms with Crippen LogP contribution in [0.1, 0.15) is 5.69 Å². The molecule has 0 aromatic carbocycles. The first kappa shape index (κ1) is 16.1. The minimum Gasteiger partial charge on any atom is -0.504 e. The average Bonchev–Trinajstić information content (AvgIpc) is 3.05. The summed E-state index contributed by atoms with van der Waals surface area (Å²) in [7, 11) is 1.32. The van der Waals surface area contributed by atoms with Gasteiger partial charge in [-0.2, -0.15) is 13.2 Å². The van der Waals surface area contributed by atoms with Crippen LogP contribution >= 0.6 is 11.3 Å². The van der Waals surface area contributed by atoms with Gasteiger partial charge in [-0.15, -0.1) is 11.3 Å². The maximum absolute atomic E-state index is 12.6. The zero-order valence-electron chi connectivity index (χ0n) is 11.3. The highest BCUT2D eigenvalue weighted by atomic mass is 32.1. The van der Waals surface area contributed by atoms with Crippen LogP contribution in [0.25, 0.3) is 10.7 Å². The summed E-state index contributed by atoms with van der Waals surface area (Å²) in [5.41, 5.74) is -0.595. The van der Waals surface area contributed by atoms with Crippen LogP contribution in [0.5, 0.6) is 0 Å². The third-order valence-electron chi connectivity index (χ3n) is 2.72. The zero-order chi connectivity index (χ0) is 16.3. The lowest BCUT2D eigenvalue weighted by molar-refractivity contribution is -0.140. The normalized spacial score (nSPS) is 12.5. The second kappa shape index (κ2) is 6.22. The van der Waals surface area contributed by atoms with E-state index in [9.17, 15) is 18.0 Å². The highest BCUT2D eigenvalue weighted by molar-refractivity contribution is 7.13. The third kappa shape index (κ3) is 3.48. The summed E-state index contributed by atoms with van der Waals surface area (Å²) in [5, 5.41) is 10.1. The van der Waals surface area contributed by atoms with Crippen molar-refractivity contribution in [2.75, 3.05) is 7.11 Å². The first-order chi connectivity index (χ1) is 10.3. The van der Waals surface area contributed by atoms with Gasteiger partial charge in [-0.05, 0) is 12.1 Å². The quantitative estimate of drug-likeness (QED) is 0.674. The highest BCUT2D eigenvalue weighted by Crippen LogP contribution is 2.33. The molecule has 0 amide bonds. The van der Waals surface area contributed by atoms with Crippen molar-refractivity contribution in [1.82, 2.24) is 9.55 Å². The molecule has 9 heteroatoms. The molecule has 0 bridgehead atoms. The smallest absolute Gasteiger partial charge is 0.434 e. The Kier molecular flexibility index (Phi) is 4.55. The number of aliphatic carboxylic acids is 1. The molecule has 22 heavy (non-hydrogen) atoms. The molecule has 2 heterocycles. The van der Waals surface area contributed by atoms with Gasteiger partial charge < -0.3 is 14.4 Å². The summed E-state index contributed by atoms with van der Waals surface area (Å²) in [4.78, 5) is 14.6. The minimum atomic E-state index is -4.51. The van der Waals surface area contributed by atoms with Crippen molar-refractivity contribution >= 4 is 17.3 Å². The molecule has 2 aromatic heterocycles. The minimum absolute atomic E-state index is 0.0347. The number of ether oxygens (including phenoxy) is 1. The zero-order valence-corrected chi connectivity index (χ0v) is 12.1. The fourth-order valence-corrected chi connectivity index (χ4v) is 2.62. The molecule has 2 aromatic rings. The molecule has 0 aliphatic rings. The molecule has 0 unspecified atom stereocenters. The van der Waals surface area contributed by atoms with Crippen molar-refractivity contribution in [3.63, 3.8) is 0 Å². The molecule has 118 valence electrons. The van der Waals surface area contributed by atoms with Gasteiger partial charge in [-0.1, -0.05) is 0 Å². The van der Waals surface area contributed by atoms with Crippen LogP contribution in [0, 0.1) is 0 Å². The van der Waals surface area contributed by atoms with Crippen LogP contribution < -0.4 is 0 Å². The maximum atomic E-state index is 12.6. The van der Waals surface area contributed by atoms with Crippen molar-refractivity contribution in [2.24, 2.45) is 0 Å². The van der Waals surface area contributed by atoms with E-state index in [2.05, 4.69) is 4.98 Å². The number of carbonyl (C=O) groups is 1. The van der Waals surface area contributed by atoms with Gasteiger partial charge in [-0.3, -0.25) is 0 Å². The second-order valence-corrected chi connectivity index (χ2v) is 5.10. The molecule has 1 N–H and O–H groups in total. The standard InChI is InChI=1S/C13H11F3N2O3S/c1-21-6-8(12(19)20)5-18-4-2-3-9(18)11-17-10(7-22-11)13(14,15)16/h2-4,6-7H,5H2,1H3,(H,19,20)/b8-6-. The molecule has 0 fully saturated rings. The first-order valence-electron chi connectivity index (χ1n) is 5.96. The van der Waals surface area contributed by atoms with Gasteiger partial charge in [0.05, 0.1) is 31.2 Å². The van der Waals surface area contributed by atoms with Gasteiger partial charge in [0, 0.05) is 11.6 Å². The Morgan fingerprint density at radius 3 is 2.82 bits per heavy atom. The fraction of sp³-hybridized carbons (Fsp3) is 0.231. The Balaban J connectivity index is 2.32. The molecule has 0 spiro atoms. The van der Waals surface area contributed by atoms with Crippen LogP contribution in [-0.4, -0.2) is 27.7 Å². The number of carboxylic acid groups (broad SMARTS) is 1. The molecule has 5 nitrogen and oxygen atoms in total. The van der Waals surface area contributed by atoms with Crippen molar-refractivity contribution in [2.45, 2.75) is 12.7 Å². The predicted octanol–water partition coefficient (Wildman–Crippen LogP) is 3.25. The Hall–Kier alpha value is -2.29. The number of hydrogen-bond acceptors (Lipinski definition) is 4. The van der Waals surface area contributed by atoms with E-state index in [-0.39, 0.29) is 17.1 Å². The largest absolute Gasteiger partial charge is 0.504 e. The van der Waals surface area contributed by atoms with E-state index in [0.29, 0.717) is 5.69 Å². The van der Waals surface area contributed by atoms with Gasteiger partial charge in [-0.25, -0.2) is 9.78 Å². The van der Waals surface area contributed by atoms with Gasteiger partial charge in [0.1, 0.15) is 5.01 Å². The van der Waals surface area contributed by atoms with Gasteiger partial charge in [0.25, 0.3) is 0 Å². The van der Waals surface area contributed by atoms with Crippen molar-refractivity contribution < 1.29 is 27.8 Å². The number of thiazole rings is 1. The Bertz CT molecular complexity index is 703. The fourth-order valence-electron chi connectivity index (χ4n) is 1.75. The van der Waals surface area contributed by atoms with Gasteiger partial charge in [0.15, 0.2) is 5.69 Å². The number of halogens is 3. The van der Waals surface area contributed by atoms with E-state index in [0.717, 1.165) is 23.0 Å². The van der Waals surface area contributed by atoms with Gasteiger partial charge >= 0.3 is 12.1 Å². The monoisotopic (exact) mass is 332 g/mol. The molecule has 0 atom stereocenters. The second-order valence-electron chi connectivity index (χ2n) is 4.24. The lowest BCUT2D eigenvalue weighted by Crippen LogP contribution is -2.10. The molecule has 0 radical (unpaired) electrons. The van der Waals surface area contributed by atoms with Crippen LogP contribution in [-0.2, 0) is 22.3 Å². The summed E-state index contributed by atoms with van der Waals surface area (Å²) in [6.45, 7) is -0.0492. The number of nitrogens with zero attached hydrogens (tertiary/aromatic N) is 2. The molecular weight excluding hydrogens is 321 g/mol. The summed E-state index contributed by atoms with van der Waals surface area (Å²) in [6.07, 6.45) is -1.86. The number of hydrogen-bond donors (Lipinski definition) is 1. The van der Waals surface area contributed by atoms with Crippen molar-refractivity contribution in [3.8, 4) is 10.7 Å². The Morgan fingerprint density at radius 1 is 1.55 bits per heavy atom. The summed E-state index contributed by atoms with van der Waals surface area (Å²) in [5.74, 6) is -1.17. The molecule has 0 aliphatic carbocycles. The van der Waals surface area contributed by atoms with E-state index in [1.165, 1.54) is 11.7 Å². The lowest BCUT2D eigenvalue weighted by atomic mass is 10.3. The summed E-state index contributed by atoms with van der Waals surface area (Å²) in [6, 6.07) is 3.18. The number of methoxy groups -OCH3 is 1. The number of alkyl halides is 3. The topological polar surface area (TPSA) is 64.4 Å². The predicted molar refractivity (Wildman–Crippen MR) is 73.3 cm³/mol. The number of aromatic nitrogens is 2. The van der Waals surface area contributed by atoms with E-state index < -0.39 is 17.8 Å². The maximum Gasteiger partial charge on any atom is 0.434 e. The van der Waals surface area contributed by atoms with Crippen LogP contribution in [0.3, 0.4) is 0 Å². The SMILES string of the molecule is CO/C=C(/Cn1cccc1-c1nc(C(F)(F)F)cs1)C(=O)O. The van der Waals surface area contributed by atoms with E-state index in [4.69, 9.17) is 9.84 Å². The van der Waals surface area contributed by atoms with Crippen LogP contribution in [0.2, 0.25) is 0 Å². The lowest BCUT2D eigenvalue weighted by Gasteiger charge is -2.08. The molecule has 0 aliphatic heterocycles. The summed E-state index contributed by atoms with van der Waals surface area (Å²) >= 11 is 0.847. The van der Waals surface area contributed by atoms with E-state index in [1.807, 2.05) is 0 Å². The summed E-state index contributed by atoms with van der Waals surface area (Å²) < 4.78 is 44.0. The Labute approximate surface area is 127 Å². The van der Waals surface area contributed by atoms with Crippen LogP contribution in [0.15, 0.2) is 35.5 Å². The highest BCUT2D eigenvalue weighted by Gasteiger charge is 2.34. The van der Waals surface area contributed by atoms with Crippen LogP contribution in [0.4, 0.5) is 13.2 Å². The third-order valence-corrected chi connectivity index (χ3v) is 3.58. The molecule has 0 saturated heterocycles. The van der Waals surface area contributed by atoms with Crippen molar-refractivity contribution in [3.05, 3.63) is 41.2 Å². The number of carboxylic acids is 1. The molecule has 2 rings (SSSR count). The molecule has 0 saturated carbocycles. The van der Waals surface area contributed by atoms with Crippen molar-refractivity contribution in [1.29, 1.82) is 0 Å². The van der Waals surface area contributed by atoms with E-state index in [1.54, 1.807) is 18.3 Å². The van der Waals surface area contributed by atoms with Gasteiger partial charge in [0.2, 0.25) is 0 Å². The average molecular weight is 332 g/mol. The molecular formula is C13H11F3N2O3S. The first-order valence-corrected chi connectivity index (χ1v) is 6.84.